The first-order valence-corrected chi connectivity index (χ1v) is 8.68. The molecule has 136 valence electrons. The minimum Gasteiger partial charge on any atom is -0.394 e. The molecule has 4 rings (SSSR count). The van der Waals surface area contributed by atoms with Gasteiger partial charge in [0.1, 0.15) is 11.6 Å². The van der Waals surface area contributed by atoms with Gasteiger partial charge < -0.3 is 11.1 Å². The summed E-state index contributed by atoms with van der Waals surface area (Å²) in [6.07, 6.45) is 1.44. The number of para-hydroxylation sites is 1. The summed E-state index contributed by atoms with van der Waals surface area (Å²) < 4.78 is 15.8. The van der Waals surface area contributed by atoms with Crippen LogP contribution in [0.15, 0.2) is 54.7 Å². The van der Waals surface area contributed by atoms with Crippen molar-refractivity contribution in [1.29, 1.82) is 0 Å². The molecule has 2 aromatic carbocycles. The van der Waals surface area contributed by atoms with Gasteiger partial charge in [-0.15, -0.1) is 0 Å². The summed E-state index contributed by atoms with van der Waals surface area (Å²) in [5.41, 5.74) is 8.56. The first-order valence-electron chi connectivity index (χ1n) is 8.31. The van der Waals surface area contributed by atoms with E-state index in [1.54, 1.807) is 6.07 Å². The maximum absolute atomic E-state index is 13.9. The maximum Gasteiger partial charge on any atom is 0.224 e. The molecule has 1 atom stereocenters. The van der Waals surface area contributed by atoms with E-state index in [1.807, 2.05) is 41.8 Å². The van der Waals surface area contributed by atoms with Gasteiger partial charge in [0.05, 0.1) is 29.0 Å². The van der Waals surface area contributed by atoms with Gasteiger partial charge in [0.15, 0.2) is 5.82 Å². The molecular formula is C19H16ClFN6. The minimum atomic E-state index is -0.321. The smallest absolute Gasteiger partial charge is 0.224 e. The monoisotopic (exact) mass is 382 g/mol. The van der Waals surface area contributed by atoms with Gasteiger partial charge in [-0.1, -0.05) is 18.2 Å². The molecule has 0 bridgehead atoms. The van der Waals surface area contributed by atoms with Gasteiger partial charge >= 0.3 is 0 Å². The third-order valence-electron chi connectivity index (χ3n) is 4.19. The molecule has 2 aromatic heterocycles. The number of anilines is 2. The van der Waals surface area contributed by atoms with Crippen LogP contribution < -0.4 is 11.1 Å². The van der Waals surface area contributed by atoms with E-state index in [0.717, 1.165) is 5.69 Å². The lowest BCUT2D eigenvalue weighted by Gasteiger charge is -2.17. The average Bonchev–Trinajstić information content (AvgIpc) is 3.04. The molecule has 0 saturated heterocycles. The predicted octanol–water partition coefficient (Wildman–Crippen LogP) is 4.36. The van der Waals surface area contributed by atoms with Crippen LogP contribution in [-0.4, -0.2) is 19.5 Å². The molecule has 4 aromatic rings. The van der Waals surface area contributed by atoms with Gasteiger partial charge in [-0.2, -0.15) is 4.98 Å². The zero-order valence-electron chi connectivity index (χ0n) is 14.4. The molecule has 0 aliphatic heterocycles. The number of nitrogens with one attached hydrogen (secondary N) is 1. The fourth-order valence-electron chi connectivity index (χ4n) is 2.96. The summed E-state index contributed by atoms with van der Waals surface area (Å²) in [4.78, 5) is 12.7. The SMILES string of the molecule is C[C@H](Nc1nc(Cl)ncc1N)c1nc2ccc(F)cc2n1-c1ccccc1. The number of benzene rings is 2. The van der Waals surface area contributed by atoms with Crippen molar-refractivity contribution < 1.29 is 4.39 Å². The highest BCUT2D eigenvalue weighted by atomic mass is 35.5. The van der Waals surface area contributed by atoms with Gasteiger partial charge in [-0.3, -0.25) is 4.57 Å². The van der Waals surface area contributed by atoms with Crippen LogP contribution in [-0.2, 0) is 0 Å². The molecule has 6 nitrogen and oxygen atoms in total. The highest BCUT2D eigenvalue weighted by Crippen LogP contribution is 2.28. The van der Waals surface area contributed by atoms with Crippen LogP contribution in [0.1, 0.15) is 18.8 Å². The highest BCUT2D eigenvalue weighted by Gasteiger charge is 2.19. The Hall–Kier alpha value is -3.19. The van der Waals surface area contributed by atoms with E-state index in [0.29, 0.717) is 28.4 Å². The number of hydrogen-bond acceptors (Lipinski definition) is 5. The Bertz CT molecular complexity index is 1110. The summed E-state index contributed by atoms with van der Waals surface area (Å²) in [7, 11) is 0. The van der Waals surface area contributed by atoms with Crippen LogP contribution in [0.25, 0.3) is 16.7 Å². The Morgan fingerprint density at radius 1 is 1.15 bits per heavy atom. The van der Waals surface area contributed by atoms with Crippen molar-refractivity contribution in [3.05, 3.63) is 71.7 Å². The lowest BCUT2D eigenvalue weighted by atomic mass is 10.2. The number of nitrogens with two attached hydrogens (primary N) is 1. The van der Waals surface area contributed by atoms with Crippen LogP contribution in [0.4, 0.5) is 15.9 Å². The molecule has 0 unspecified atom stereocenters. The molecule has 0 radical (unpaired) electrons. The number of halogens is 2. The molecule has 0 aliphatic rings. The van der Waals surface area contributed by atoms with Crippen LogP contribution in [0.5, 0.6) is 0 Å². The first-order chi connectivity index (χ1) is 13.0. The summed E-state index contributed by atoms with van der Waals surface area (Å²) >= 11 is 5.87. The van der Waals surface area contributed by atoms with E-state index in [-0.39, 0.29) is 17.1 Å². The second-order valence-corrected chi connectivity index (χ2v) is 6.42. The normalized spacial score (nSPS) is 12.3. The van der Waals surface area contributed by atoms with E-state index in [1.165, 1.54) is 18.3 Å². The standard InChI is InChI=1S/C19H16ClFN6/c1-11(24-17-14(22)10-23-19(20)26-17)18-25-15-8-7-12(21)9-16(15)27(18)13-5-3-2-4-6-13/h2-11H,22H2,1H3,(H,23,24,26)/t11-/m0/s1. The second-order valence-electron chi connectivity index (χ2n) is 6.08. The van der Waals surface area contributed by atoms with E-state index < -0.39 is 0 Å². The van der Waals surface area contributed by atoms with Crippen molar-refractivity contribution in [2.75, 3.05) is 11.1 Å². The van der Waals surface area contributed by atoms with Gasteiger partial charge in [0.2, 0.25) is 5.28 Å². The Morgan fingerprint density at radius 2 is 1.93 bits per heavy atom. The molecule has 0 fully saturated rings. The molecule has 27 heavy (non-hydrogen) atoms. The average molecular weight is 383 g/mol. The Morgan fingerprint density at radius 3 is 2.70 bits per heavy atom. The number of nitrogen functional groups attached to an aromatic ring is 1. The number of imidazole rings is 1. The fraction of sp³-hybridized carbons (Fsp3) is 0.105. The van der Waals surface area contributed by atoms with Crippen LogP contribution in [0.3, 0.4) is 0 Å². The summed E-state index contributed by atoms with van der Waals surface area (Å²) in [6.45, 7) is 1.92. The van der Waals surface area contributed by atoms with Crippen molar-refractivity contribution in [3.8, 4) is 5.69 Å². The molecule has 0 saturated carbocycles. The highest BCUT2D eigenvalue weighted by molar-refractivity contribution is 6.28. The number of nitrogens with zero attached hydrogens (tertiary/aromatic N) is 4. The van der Waals surface area contributed by atoms with E-state index in [4.69, 9.17) is 22.3 Å². The van der Waals surface area contributed by atoms with Crippen molar-refractivity contribution in [2.24, 2.45) is 0 Å². The quantitative estimate of drug-likeness (QED) is 0.512. The lowest BCUT2D eigenvalue weighted by molar-refractivity contribution is 0.629. The number of aromatic nitrogens is 4. The largest absolute Gasteiger partial charge is 0.394 e. The van der Waals surface area contributed by atoms with Gasteiger partial charge in [-0.05, 0) is 42.8 Å². The molecule has 2 heterocycles. The van der Waals surface area contributed by atoms with Crippen molar-refractivity contribution in [3.63, 3.8) is 0 Å². The van der Waals surface area contributed by atoms with E-state index in [9.17, 15) is 4.39 Å². The molecule has 0 spiro atoms. The lowest BCUT2D eigenvalue weighted by Crippen LogP contribution is -2.15. The second kappa shape index (κ2) is 6.85. The van der Waals surface area contributed by atoms with Gasteiger partial charge in [0.25, 0.3) is 0 Å². The molecule has 0 aliphatic carbocycles. The predicted molar refractivity (Wildman–Crippen MR) is 105 cm³/mol. The van der Waals surface area contributed by atoms with Gasteiger partial charge in [-0.25, -0.2) is 14.4 Å². The number of hydrogen-bond donors (Lipinski definition) is 2. The zero-order valence-corrected chi connectivity index (χ0v) is 15.2. The van der Waals surface area contributed by atoms with Crippen molar-refractivity contribution >= 4 is 34.1 Å². The summed E-state index contributed by atoms with van der Waals surface area (Å²) in [5.74, 6) is 0.787. The fourth-order valence-corrected chi connectivity index (χ4v) is 3.09. The molecular weight excluding hydrogens is 367 g/mol. The third-order valence-corrected chi connectivity index (χ3v) is 4.37. The van der Waals surface area contributed by atoms with E-state index >= 15 is 0 Å². The topological polar surface area (TPSA) is 81.7 Å². The summed E-state index contributed by atoms with van der Waals surface area (Å²) in [6, 6.07) is 13.9. The number of rotatable bonds is 4. The van der Waals surface area contributed by atoms with Crippen molar-refractivity contribution in [2.45, 2.75) is 13.0 Å². The third kappa shape index (κ3) is 3.29. The Balaban J connectivity index is 1.84. The molecule has 0 amide bonds. The van der Waals surface area contributed by atoms with E-state index in [2.05, 4.69) is 15.3 Å². The first kappa shape index (κ1) is 17.2. The Kier molecular flexibility index (Phi) is 4.37. The van der Waals surface area contributed by atoms with Gasteiger partial charge in [0, 0.05) is 11.8 Å². The zero-order chi connectivity index (χ0) is 19.0. The molecule has 8 heteroatoms. The maximum atomic E-state index is 13.9. The van der Waals surface area contributed by atoms with Crippen LogP contribution in [0, 0.1) is 5.82 Å². The van der Waals surface area contributed by atoms with Crippen LogP contribution in [0.2, 0.25) is 5.28 Å². The van der Waals surface area contributed by atoms with Crippen molar-refractivity contribution in [1.82, 2.24) is 19.5 Å². The minimum absolute atomic E-state index is 0.0949. The Labute approximate surface area is 159 Å². The number of fused-ring (bicyclic) bond motifs is 1. The summed E-state index contributed by atoms with van der Waals surface area (Å²) in [5, 5.41) is 3.31. The van der Waals surface area contributed by atoms with Crippen LogP contribution >= 0.6 is 11.6 Å². The molecule has 3 N–H and O–H groups in total.